The molecule has 1 aliphatic rings. The molecule has 0 aliphatic carbocycles. The Labute approximate surface area is 401 Å². The molecule has 66 heavy (non-hydrogen) atoms. The second-order valence-corrected chi connectivity index (χ2v) is 20.0. The highest BCUT2D eigenvalue weighted by atomic mass is 32.2. The van der Waals surface area contributed by atoms with Crippen LogP contribution in [-0.4, -0.2) is 96.0 Å². The van der Waals surface area contributed by atoms with Crippen molar-refractivity contribution in [2.45, 2.75) is 269 Å². The maximum atomic E-state index is 12.8. The maximum Gasteiger partial charge on any atom is 0.306 e. The summed E-state index contributed by atoms with van der Waals surface area (Å²) < 4.78 is 54.1. The standard InChI is InChI=1S/C53H96O12S/c1-3-5-7-9-11-13-15-17-19-20-21-22-23-24-25-26-28-29-31-33-35-37-39-41-48(54)62-43-46(44-63-53-52(58)51(57)50(56)47(65-53)45-66(59,60)61)64-49(55)42-40-38-36-34-32-30-27-18-16-14-12-10-8-6-4-2/h26,28,33,35-36,38,46-47,50-53,56-58H,3-25,27,29-32,34,37,39-45H2,1-2H3,(H,59,60,61)/b28-26+,35-33+,38-36+/t46-,47-,50-,51?,52?,53+/m1/s1. The minimum atomic E-state index is -4.61. The predicted molar refractivity (Wildman–Crippen MR) is 266 cm³/mol. The van der Waals surface area contributed by atoms with Crippen molar-refractivity contribution in [3.63, 3.8) is 0 Å². The number of ether oxygens (including phenoxy) is 4. The summed E-state index contributed by atoms with van der Waals surface area (Å²) in [6.45, 7) is 3.73. The second kappa shape index (κ2) is 42.9. The van der Waals surface area contributed by atoms with Crippen LogP contribution < -0.4 is 0 Å². The Bertz CT molecular complexity index is 1350. The lowest BCUT2D eigenvalue weighted by atomic mass is 10.00. The predicted octanol–water partition coefficient (Wildman–Crippen LogP) is 12.1. The Morgan fingerprint density at radius 1 is 0.500 bits per heavy atom. The summed E-state index contributed by atoms with van der Waals surface area (Å²) >= 11 is 0. The van der Waals surface area contributed by atoms with Crippen LogP contribution in [0.15, 0.2) is 36.5 Å². The van der Waals surface area contributed by atoms with E-state index in [1.807, 2.05) is 6.08 Å². The number of rotatable bonds is 45. The van der Waals surface area contributed by atoms with Crippen LogP contribution in [0.5, 0.6) is 0 Å². The van der Waals surface area contributed by atoms with Crippen LogP contribution in [0.2, 0.25) is 0 Å². The first-order valence-corrected chi connectivity index (χ1v) is 28.2. The van der Waals surface area contributed by atoms with E-state index in [1.165, 1.54) is 154 Å². The van der Waals surface area contributed by atoms with Crippen molar-refractivity contribution in [1.82, 2.24) is 0 Å². The molecule has 4 N–H and O–H groups in total. The van der Waals surface area contributed by atoms with Gasteiger partial charge in [-0.3, -0.25) is 14.1 Å². The molecule has 386 valence electrons. The van der Waals surface area contributed by atoms with Crippen LogP contribution in [0, 0.1) is 0 Å². The van der Waals surface area contributed by atoms with Gasteiger partial charge >= 0.3 is 11.9 Å². The van der Waals surface area contributed by atoms with Crippen molar-refractivity contribution in [1.29, 1.82) is 0 Å². The summed E-state index contributed by atoms with van der Waals surface area (Å²) in [4.78, 5) is 25.5. The molecule has 2 unspecified atom stereocenters. The van der Waals surface area contributed by atoms with E-state index in [0.29, 0.717) is 19.3 Å². The molecule has 13 heteroatoms. The van der Waals surface area contributed by atoms with Crippen molar-refractivity contribution >= 4 is 22.1 Å². The van der Waals surface area contributed by atoms with Gasteiger partial charge in [0.05, 0.1) is 6.61 Å². The van der Waals surface area contributed by atoms with E-state index in [1.54, 1.807) is 0 Å². The van der Waals surface area contributed by atoms with Crippen molar-refractivity contribution in [3.8, 4) is 0 Å². The Morgan fingerprint density at radius 3 is 1.36 bits per heavy atom. The van der Waals surface area contributed by atoms with Crippen LogP contribution in [0.3, 0.4) is 0 Å². The molecule has 0 bridgehead atoms. The fourth-order valence-electron chi connectivity index (χ4n) is 8.07. The molecule has 0 spiro atoms. The molecular formula is C53H96O12S. The van der Waals surface area contributed by atoms with E-state index in [0.717, 1.165) is 32.1 Å². The van der Waals surface area contributed by atoms with Gasteiger partial charge in [0.2, 0.25) is 0 Å². The minimum Gasteiger partial charge on any atom is -0.462 e. The van der Waals surface area contributed by atoms with Gasteiger partial charge < -0.3 is 34.3 Å². The summed E-state index contributed by atoms with van der Waals surface area (Å²) in [6, 6.07) is 0. The lowest BCUT2D eigenvalue weighted by molar-refractivity contribution is -0.297. The zero-order valence-electron chi connectivity index (χ0n) is 41.6. The molecule has 1 heterocycles. The third-order valence-electron chi connectivity index (χ3n) is 12.2. The monoisotopic (exact) mass is 957 g/mol. The van der Waals surface area contributed by atoms with E-state index < -0.39 is 71.2 Å². The number of unbranched alkanes of at least 4 members (excludes halogenated alkanes) is 27. The number of esters is 2. The lowest BCUT2D eigenvalue weighted by Crippen LogP contribution is -2.60. The van der Waals surface area contributed by atoms with E-state index in [-0.39, 0.29) is 19.4 Å². The van der Waals surface area contributed by atoms with Gasteiger partial charge in [0, 0.05) is 12.8 Å². The third-order valence-corrected chi connectivity index (χ3v) is 12.9. The Balaban J connectivity index is 2.38. The average molecular weight is 957 g/mol. The van der Waals surface area contributed by atoms with Crippen LogP contribution in [0.1, 0.15) is 232 Å². The molecule has 0 aromatic carbocycles. The highest BCUT2D eigenvalue weighted by Gasteiger charge is 2.46. The molecule has 0 aromatic rings. The smallest absolute Gasteiger partial charge is 0.306 e. The van der Waals surface area contributed by atoms with Gasteiger partial charge in [-0.2, -0.15) is 8.42 Å². The molecule has 0 amide bonds. The van der Waals surface area contributed by atoms with E-state index >= 15 is 0 Å². The van der Waals surface area contributed by atoms with Gasteiger partial charge in [-0.05, 0) is 57.8 Å². The number of carbonyl (C=O) groups is 2. The van der Waals surface area contributed by atoms with Crippen LogP contribution in [0.25, 0.3) is 0 Å². The molecule has 0 saturated carbocycles. The van der Waals surface area contributed by atoms with Gasteiger partial charge in [0.25, 0.3) is 10.1 Å². The normalized spacial score (nSPS) is 19.6. The number of aliphatic hydroxyl groups is 3. The Kier molecular flexibility index (Phi) is 40.3. The molecule has 1 aliphatic heterocycles. The van der Waals surface area contributed by atoms with Crippen LogP contribution in [-0.2, 0) is 38.7 Å². The largest absolute Gasteiger partial charge is 0.462 e. The highest BCUT2D eigenvalue weighted by Crippen LogP contribution is 2.24. The first-order chi connectivity index (χ1) is 32.0. The van der Waals surface area contributed by atoms with Gasteiger partial charge in [-0.25, -0.2) is 0 Å². The number of hydrogen-bond donors (Lipinski definition) is 4. The molecule has 0 aromatic heterocycles. The van der Waals surface area contributed by atoms with Crippen molar-refractivity contribution < 1.29 is 56.8 Å². The molecule has 1 saturated heterocycles. The van der Waals surface area contributed by atoms with E-state index in [4.69, 9.17) is 18.9 Å². The maximum absolute atomic E-state index is 12.8. The first-order valence-electron chi connectivity index (χ1n) is 26.5. The summed E-state index contributed by atoms with van der Waals surface area (Å²) in [7, 11) is -4.61. The molecule has 1 fully saturated rings. The SMILES string of the molecule is CCCCCCCCCCCCC/C=C/CCC(=O)O[C@H](COC(=O)CCC/C=C/CC/C=C/CCCCCCCCCCCCCCCC)CO[C@H]1O[C@H](CS(=O)(=O)O)[C@@H](O)C(O)C1O. The molecule has 0 radical (unpaired) electrons. The third kappa shape index (κ3) is 36.9. The first kappa shape index (κ1) is 61.9. The number of carbonyl (C=O) groups excluding carboxylic acids is 2. The molecular weight excluding hydrogens is 861 g/mol. The quantitative estimate of drug-likeness (QED) is 0.0196. The van der Waals surface area contributed by atoms with Crippen molar-refractivity contribution in [2.75, 3.05) is 19.0 Å². The average Bonchev–Trinajstić information content (AvgIpc) is 3.28. The van der Waals surface area contributed by atoms with Crippen molar-refractivity contribution in [2.24, 2.45) is 0 Å². The summed E-state index contributed by atoms with van der Waals surface area (Å²) in [6.07, 6.45) is 42.2. The number of allylic oxidation sites excluding steroid dienone is 6. The van der Waals surface area contributed by atoms with Crippen LogP contribution in [0.4, 0.5) is 0 Å². The number of aliphatic hydroxyl groups excluding tert-OH is 3. The van der Waals surface area contributed by atoms with Gasteiger partial charge in [-0.1, -0.05) is 198 Å². The summed E-state index contributed by atoms with van der Waals surface area (Å²) in [5, 5.41) is 31.0. The van der Waals surface area contributed by atoms with E-state index in [9.17, 15) is 37.9 Å². The zero-order valence-corrected chi connectivity index (χ0v) is 42.4. The number of hydrogen-bond acceptors (Lipinski definition) is 11. The lowest BCUT2D eigenvalue weighted by Gasteiger charge is -2.40. The highest BCUT2D eigenvalue weighted by molar-refractivity contribution is 7.85. The fraction of sp³-hybridized carbons (Fsp3) is 0.849. The topological polar surface area (TPSA) is 186 Å². The van der Waals surface area contributed by atoms with Gasteiger partial charge in [0.1, 0.15) is 36.8 Å². The van der Waals surface area contributed by atoms with Gasteiger partial charge in [-0.15, -0.1) is 0 Å². The molecule has 6 atom stereocenters. The molecule has 1 rings (SSSR count). The van der Waals surface area contributed by atoms with Gasteiger partial charge in [0.15, 0.2) is 12.4 Å². The summed E-state index contributed by atoms with van der Waals surface area (Å²) in [5.74, 6) is -2.09. The Hall–Kier alpha value is -2.13. The molecule has 12 nitrogen and oxygen atoms in total. The van der Waals surface area contributed by atoms with E-state index in [2.05, 4.69) is 44.2 Å². The van der Waals surface area contributed by atoms with Crippen LogP contribution >= 0.6 is 0 Å². The summed E-state index contributed by atoms with van der Waals surface area (Å²) in [5.41, 5.74) is 0. The van der Waals surface area contributed by atoms with Crippen molar-refractivity contribution in [3.05, 3.63) is 36.5 Å². The Morgan fingerprint density at radius 2 is 0.909 bits per heavy atom. The second-order valence-electron chi connectivity index (χ2n) is 18.5. The fourth-order valence-corrected chi connectivity index (χ4v) is 8.76. The minimum absolute atomic E-state index is 0.0741. The zero-order chi connectivity index (χ0) is 48.4.